The first-order chi connectivity index (χ1) is 25.5. The number of hydrogen-bond acceptors (Lipinski definition) is 12. The maximum absolute atomic E-state index is 11.1. The summed E-state index contributed by atoms with van der Waals surface area (Å²) in [5, 5.41) is 0. The van der Waals surface area contributed by atoms with E-state index in [9.17, 15) is 9.59 Å². The lowest BCUT2D eigenvalue weighted by Gasteiger charge is -2.31. The van der Waals surface area contributed by atoms with Crippen molar-refractivity contribution in [2.24, 2.45) is 0 Å². The monoisotopic (exact) mass is 708 g/mol. The third-order valence-electron chi connectivity index (χ3n) is 8.19. The van der Waals surface area contributed by atoms with Gasteiger partial charge < -0.3 is 28.4 Å². The Kier molecular flexibility index (Phi) is 14.8. The molecule has 1 aliphatic carbocycles. The van der Waals surface area contributed by atoms with Crippen molar-refractivity contribution in [3.8, 4) is 34.3 Å². The average Bonchev–Trinajstić information content (AvgIpc) is 3.20. The van der Waals surface area contributed by atoms with E-state index < -0.39 is 11.9 Å². The van der Waals surface area contributed by atoms with Gasteiger partial charge in [0.2, 0.25) is 0 Å². The van der Waals surface area contributed by atoms with Crippen LogP contribution in [0.5, 0.6) is 11.5 Å². The quantitative estimate of drug-likeness (QED) is 0.0552. The van der Waals surface area contributed by atoms with Crippen molar-refractivity contribution in [1.82, 2.24) is 19.9 Å². The van der Waals surface area contributed by atoms with Crippen LogP contribution in [0.1, 0.15) is 49.7 Å². The lowest BCUT2D eigenvalue weighted by molar-refractivity contribution is -0.138. The van der Waals surface area contributed by atoms with E-state index in [1.54, 1.807) is 24.8 Å². The van der Waals surface area contributed by atoms with E-state index in [0.717, 1.165) is 60.1 Å². The highest BCUT2D eigenvalue weighted by Gasteiger charge is 2.26. The average molecular weight is 709 g/mol. The molecular formula is C40H44N4O8. The second-order valence-electron chi connectivity index (χ2n) is 12.0. The summed E-state index contributed by atoms with van der Waals surface area (Å²) >= 11 is 0. The van der Waals surface area contributed by atoms with Crippen molar-refractivity contribution < 1.29 is 38.0 Å². The van der Waals surface area contributed by atoms with E-state index in [1.165, 1.54) is 0 Å². The highest BCUT2D eigenvalue weighted by atomic mass is 16.5. The molecule has 12 heteroatoms. The molecule has 0 amide bonds. The van der Waals surface area contributed by atoms with Crippen LogP contribution in [-0.2, 0) is 41.8 Å². The van der Waals surface area contributed by atoms with Gasteiger partial charge in [0.15, 0.2) is 23.1 Å². The topological polar surface area (TPSA) is 141 Å². The number of esters is 2. The zero-order valence-corrected chi connectivity index (χ0v) is 29.2. The molecule has 0 N–H and O–H groups in total. The SMILES string of the molecule is C=CC(=O)OCCCOc1cnc(-c2ccc(CO[C@@H]3CCCC[C@H]3OCc3ccc(-c4ncc(OCCCOC(=O)C=C)cn4)cc3)cc2)nc1. The van der Waals surface area contributed by atoms with Crippen LogP contribution in [0.3, 0.4) is 0 Å². The normalized spacial score (nSPS) is 15.3. The molecule has 0 aliphatic heterocycles. The highest BCUT2D eigenvalue weighted by Crippen LogP contribution is 2.27. The number of hydrogen-bond donors (Lipinski definition) is 0. The van der Waals surface area contributed by atoms with E-state index in [-0.39, 0.29) is 25.4 Å². The zero-order valence-electron chi connectivity index (χ0n) is 29.2. The van der Waals surface area contributed by atoms with Crippen LogP contribution >= 0.6 is 0 Å². The van der Waals surface area contributed by atoms with E-state index >= 15 is 0 Å². The standard InChI is InChI=1S/C40H44N4O8/c1-3-37(45)49-21-7-19-47-33-23-41-39(42-24-33)31-15-11-29(12-16-31)27-51-35-9-5-6-10-36(35)52-28-30-13-17-32(18-14-30)40-43-25-34(26-44-40)48-20-8-22-50-38(46)4-2/h3-4,11-18,23-26,35-36H,1-2,5-10,19-22,27-28H2/t35-,36-/m1/s1. The van der Waals surface area contributed by atoms with Gasteiger partial charge >= 0.3 is 11.9 Å². The second-order valence-corrected chi connectivity index (χ2v) is 12.0. The fraction of sp³-hybridized carbons (Fsp3) is 0.350. The van der Waals surface area contributed by atoms with Crippen molar-refractivity contribution in [3.63, 3.8) is 0 Å². The summed E-state index contributed by atoms with van der Waals surface area (Å²) in [6.07, 6.45) is 14.1. The van der Waals surface area contributed by atoms with Gasteiger partial charge in [0.25, 0.3) is 0 Å². The molecule has 2 aromatic heterocycles. The Bertz CT molecular complexity index is 1590. The van der Waals surface area contributed by atoms with Crippen LogP contribution in [0.2, 0.25) is 0 Å². The molecule has 2 atom stereocenters. The summed E-state index contributed by atoms with van der Waals surface area (Å²) in [7, 11) is 0. The Morgan fingerprint density at radius 1 is 0.596 bits per heavy atom. The molecule has 0 radical (unpaired) electrons. The van der Waals surface area contributed by atoms with Crippen molar-refractivity contribution in [3.05, 3.63) is 110 Å². The molecule has 0 spiro atoms. The number of ether oxygens (including phenoxy) is 6. The van der Waals surface area contributed by atoms with Crippen LogP contribution in [0, 0.1) is 0 Å². The predicted molar refractivity (Wildman–Crippen MR) is 193 cm³/mol. The minimum atomic E-state index is -0.447. The highest BCUT2D eigenvalue weighted by molar-refractivity contribution is 5.81. The first-order valence-electron chi connectivity index (χ1n) is 17.4. The van der Waals surface area contributed by atoms with E-state index in [0.29, 0.717) is 62.4 Å². The number of benzene rings is 2. The Morgan fingerprint density at radius 2 is 0.981 bits per heavy atom. The molecule has 272 valence electrons. The number of rotatable bonds is 20. The van der Waals surface area contributed by atoms with Gasteiger partial charge in [-0.15, -0.1) is 0 Å². The summed E-state index contributed by atoms with van der Waals surface area (Å²) in [5.74, 6) is 1.40. The molecule has 2 heterocycles. The van der Waals surface area contributed by atoms with Crippen molar-refractivity contribution >= 4 is 11.9 Å². The molecular weight excluding hydrogens is 664 g/mol. The molecule has 52 heavy (non-hydrogen) atoms. The van der Waals surface area contributed by atoms with E-state index in [1.807, 2.05) is 48.5 Å². The Hall–Kier alpha value is -5.46. The summed E-state index contributed by atoms with van der Waals surface area (Å²) in [5.41, 5.74) is 3.92. The van der Waals surface area contributed by atoms with Gasteiger partial charge in [-0.05, 0) is 24.0 Å². The summed E-state index contributed by atoms with van der Waals surface area (Å²) in [4.78, 5) is 39.9. The van der Waals surface area contributed by atoms with Crippen molar-refractivity contribution in [2.75, 3.05) is 26.4 Å². The Morgan fingerprint density at radius 3 is 1.35 bits per heavy atom. The van der Waals surface area contributed by atoms with Gasteiger partial charge in [-0.1, -0.05) is 74.5 Å². The Balaban J connectivity index is 1.03. The molecule has 1 fully saturated rings. The fourth-order valence-corrected chi connectivity index (χ4v) is 5.39. The fourth-order valence-electron chi connectivity index (χ4n) is 5.39. The van der Waals surface area contributed by atoms with Crippen LogP contribution in [0.4, 0.5) is 0 Å². The largest absolute Gasteiger partial charge is 0.490 e. The minimum absolute atomic E-state index is 0.0221. The summed E-state index contributed by atoms with van der Waals surface area (Å²) in [6, 6.07) is 16.1. The molecule has 12 nitrogen and oxygen atoms in total. The van der Waals surface area contributed by atoms with Crippen molar-refractivity contribution in [2.45, 2.75) is 63.9 Å². The maximum Gasteiger partial charge on any atom is 0.330 e. The van der Waals surface area contributed by atoms with Crippen LogP contribution in [0.15, 0.2) is 98.6 Å². The second kappa shape index (κ2) is 20.4. The number of carbonyl (C=O) groups excluding carboxylic acids is 2. The smallest absolute Gasteiger partial charge is 0.330 e. The third kappa shape index (κ3) is 12.1. The first-order valence-corrected chi connectivity index (χ1v) is 17.4. The molecule has 0 saturated heterocycles. The predicted octanol–water partition coefficient (Wildman–Crippen LogP) is 6.64. The van der Waals surface area contributed by atoms with Crippen LogP contribution < -0.4 is 9.47 Å². The van der Waals surface area contributed by atoms with Gasteiger partial charge in [-0.2, -0.15) is 0 Å². The molecule has 1 aliphatic rings. The lowest BCUT2D eigenvalue weighted by Crippen LogP contribution is -2.34. The van der Waals surface area contributed by atoms with E-state index in [4.69, 9.17) is 28.4 Å². The number of carbonyl (C=O) groups is 2. The first kappa shape index (κ1) is 37.8. The molecule has 0 unspecified atom stereocenters. The number of nitrogens with zero attached hydrogens (tertiary/aromatic N) is 4. The van der Waals surface area contributed by atoms with E-state index in [2.05, 4.69) is 33.1 Å². The van der Waals surface area contributed by atoms with Gasteiger partial charge in [0, 0.05) is 36.1 Å². The molecule has 0 bridgehead atoms. The Labute approximate surface area is 303 Å². The summed E-state index contributed by atoms with van der Waals surface area (Å²) in [6.45, 7) is 9.00. The lowest BCUT2D eigenvalue weighted by atomic mass is 9.94. The molecule has 5 rings (SSSR count). The number of aromatic nitrogens is 4. The third-order valence-corrected chi connectivity index (χ3v) is 8.19. The van der Waals surface area contributed by atoms with Gasteiger partial charge in [-0.25, -0.2) is 29.5 Å². The van der Waals surface area contributed by atoms with Crippen LogP contribution in [-0.4, -0.2) is 70.5 Å². The van der Waals surface area contributed by atoms with Gasteiger partial charge in [0.1, 0.15) is 0 Å². The zero-order chi connectivity index (χ0) is 36.4. The minimum Gasteiger partial charge on any atom is -0.490 e. The van der Waals surface area contributed by atoms with Crippen molar-refractivity contribution in [1.29, 1.82) is 0 Å². The van der Waals surface area contributed by atoms with Gasteiger partial charge in [-0.3, -0.25) is 0 Å². The maximum atomic E-state index is 11.1. The molecule has 1 saturated carbocycles. The van der Waals surface area contributed by atoms with Crippen LogP contribution in [0.25, 0.3) is 22.8 Å². The summed E-state index contributed by atoms with van der Waals surface area (Å²) < 4.78 is 33.9. The van der Waals surface area contributed by atoms with Gasteiger partial charge in [0.05, 0.1) is 76.6 Å². The molecule has 2 aromatic carbocycles. The molecule has 4 aromatic rings.